The average Bonchev–Trinajstić information content (AvgIpc) is 3.14. The largest absolute Gasteiger partial charge is 0.483 e. The number of hydrazine groups is 1. The third-order valence-electron chi connectivity index (χ3n) is 5.65. The zero-order chi connectivity index (χ0) is 24.8. The molecule has 1 aliphatic heterocycles. The summed E-state index contributed by atoms with van der Waals surface area (Å²) in [6, 6.07) is 23.5. The van der Waals surface area contributed by atoms with Crippen molar-refractivity contribution in [1.29, 1.82) is 0 Å². The molecule has 4 rings (SSSR count). The molecule has 3 aromatic carbocycles. The molecule has 9 nitrogen and oxygen atoms in total. The Morgan fingerprint density at radius 3 is 2.23 bits per heavy atom. The molecule has 1 heterocycles. The lowest BCUT2D eigenvalue weighted by molar-refractivity contribution is -0.140. The van der Waals surface area contributed by atoms with Crippen LogP contribution in [0.3, 0.4) is 0 Å². The van der Waals surface area contributed by atoms with Gasteiger partial charge in [0, 0.05) is 5.69 Å². The Morgan fingerprint density at radius 1 is 0.914 bits per heavy atom. The van der Waals surface area contributed by atoms with Gasteiger partial charge >= 0.3 is 6.03 Å². The summed E-state index contributed by atoms with van der Waals surface area (Å²) in [6.07, 6.45) is 0.300. The zero-order valence-electron chi connectivity index (χ0n) is 19.0. The summed E-state index contributed by atoms with van der Waals surface area (Å²) in [6.45, 7) is 1.26. The minimum Gasteiger partial charge on any atom is -0.483 e. The van der Waals surface area contributed by atoms with Crippen molar-refractivity contribution < 1.29 is 23.9 Å². The van der Waals surface area contributed by atoms with Crippen LogP contribution in [0.2, 0.25) is 0 Å². The van der Waals surface area contributed by atoms with E-state index in [1.807, 2.05) is 12.1 Å². The van der Waals surface area contributed by atoms with Gasteiger partial charge in [0.05, 0.1) is 5.56 Å². The number of carbonyl (C=O) groups excluding carboxylic acids is 4. The Labute approximate surface area is 202 Å². The van der Waals surface area contributed by atoms with Gasteiger partial charge in [-0.3, -0.25) is 19.8 Å². The lowest BCUT2D eigenvalue weighted by Gasteiger charge is -2.25. The molecule has 9 heteroatoms. The number of nitrogens with zero attached hydrogens (tertiary/aromatic N) is 1. The molecule has 35 heavy (non-hydrogen) atoms. The normalized spacial score (nSPS) is 17.0. The molecule has 0 spiro atoms. The van der Waals surface area contributed by atoms with E-state index in [0.717, 1.165) is 0 Å². The van der Waals surface area contributed by atoms with Crippen molar-refractivity contribution in [3.8, 4) is 5.75 Å². The van der Waals surface area contributed by atoms with Crippen LogP contribution in [0.5, 0.6) is 5.75 Å². The van der Waals surface area contributed by atoms with Crippen molar-refractivity contribution in [2.24, 2.45) is 0 Å². The van der Waals surface area contributed by atoms with Crippen molar-refractivity contribution in [2.75, 3.05) is 11.9 Å². The van der Waals surface area contributed by atoms with Crippen LogP contribution in [0.4, 0.5) is 10.5 Å². The first-order chi connectivity index (χ1) is 16.9. The average molecular weight is 473 g/mol. The number of nitrogens with one attached hydrogen (secondary N) is 3. The van der Waals surface area contributed by atoms with Crippen molar-refractivity contribution in [2.45, 2.75) is 18.9 Å². The molecule has 0 aromatic heterocycles. The molecule has 3 aromatic rings. The number of anilines is 1. The third kappa shape index (κ3) is 4.84. The lowest BCUT2D eigenvalue weighted by Crippen LogP contribution is -2.49. The Balaban J connectivity index is 1.42. The maximum Gasteiger partial charge on any atom is 0.344 e. The molecule has 0 unspecified atom stereocenters. The molecule has 178 valence electrons. The van der Waals surface area contributed by atoms with E-state index in [9.17, 15) is 19.2 Å². The molecule has 0 saturated carbocycles. The maximum atomic E-state index is 13.1. The second-order valence-electron chi connectivity index (χ2n) is 7.84. The van der Waals surface area contributed by atoms with E-state index in [-0.39, 0.29) is 11.3 Å². The molecular formula is C26H24N4O5. The fourth-order valence-electron chi connectivity index (χ4n) is 3.84. The summed E-state index contributed by atoms with van der Waals surface area (Å²) in [5.74, 6) is -1.55. The Morgan fingerprint density at radius 2 is 1.54 bits per heavy atom. The molecule has 0 radical (unpaired) electrons. The van der Waals surface area contributed by atoms with E-state index in [2.05, 4.69) is 16.1 Å². The molecule has 5 amide bonds. The van der Waals surface area contributed by atoms with Crippen LogP contribution in [0.15, 0.2) is 84.9 Å². The van der Waals surface area contributed by atoms with Crippen LogP contribution < -0.4 is 20.8 Å². The Hall–Kier alpha value is -4.66. The van der Waals surface area contributed by atoms with Gasteiger partial charge in [0.2, 0.25) is 0 Å². The third-order valence-corrected chi connectivity index (χ3v) is 5.65. The van der Waals surface area contributed by atoms with E-state index < -0.39 is 35.9 Å². The van der Waals surface area contributed by atoms with E-state index in [0.29, 0.717) is 22.7 Å². The molecule has 0 bridgehead atoms. The van der Waals surface area contributed by atoms with Gasteiger partial charge < -0.3 is 15.4 Å². The van der Waals surface area contributed by atoms with Crippen molar-refractivity contribution in [1.82, 2.24) is 15.8 Å². The quantitative estimate of drug-likeness (QED) is 0.436. The fraction of sp³-hybridized carbons (Fsp3) is 0.154. The summed E-state index contributed by atoms with van der Waals surface area (Å²) in [5.41, 5.74) is 2.49. The fourth-order valence-corrected chi connectivity index (χ4v) is 3.84. The second kappa shape index (κ2) is 10.1. The SMILES string of the molecule is CC[C@@]1(c2ccccc2)NC(=O)N(NC(=O)COc2ccccc2C(=O)Nc2ccccc2)C1=O. The standard InChI is InChI=1S/C26H24N4O5/c1-2-26(18-11-5-3-6-12-18)24(33)30(25(34)28-26)29-22(31)17-35-21-16-10-9-15-20(21)23(32)27-19-13-7-4-8-14-19/h3-16H,2,17H2,1H3,(H,27,32)(H,28,34)(H,29,31)/t26-/m0/s1. The molecule has 1 aliphatic rings. The minimum atomic E-state index is -1.27. The zero-order valence-corrected chi connectivity index (χ0v) is 19.0. The van der Waals surface area contributed by atoms with Crippen molar-refractivity contribution >= 4 is 29.4 Å². The monoisotopic (exact) mass is 472 g/mol. The van der Waals surface area contributed by atoms with Gasteiger partial charge in [-0.25, -0.2) is 4.79 Å². The highest BCUT2D eigenvalue weighted by atomic mass is 16.5. The smallest absolute Gasteiger partial charge is 0.344 e. The minimum absolute atomic E-state index is 0.181. The number of ether oxygens (including phenoxy) is 1. The van der Waals surface area contributed by atoms with Gasteiger partial charge in [0.25, 0.3) is 17.7 Å². The van der Waals surface area contributed by atoms with Crippen LogP contribution in [-0.4, -0.2) is 35.4 Å². The van der Waals surface area contributed by atoms with Crippen LogP contribution >= 0.6 is 0 Å². The van der Waals surface area contributed by atoms with Gasteiger partial charge in [-0.2, -0.15) is 5.01 Å². The predicted octanol–water partition coefficient (Wildman–Crippen LogP) is 3.21. The van der Waals surface area contributed by atoms with Crippen LogP contribution in [0.25, 0.3) is 0 Å². The topological polar surface area (TPSA) is 117 Å². The maximum absolute atomic E-state index is 13.1. The second-order valence-corrected chi connectivity index (χ2v) is 7.84. The first kappa shape index (κ1) is 23.5. The van der Waals surface area contributed by atoms with Crippen LogP contribution in [-0.2, 0) is 15.1 Å². The summed E-state index contributed by atoms with van der Waals surface area (Å²) < 4.78 is 5.56. The summed E-state index contributed by atoms with van der Waals surface area (Å²) in [5, 5.41) is 6.11. The molecule has 1 fully saturated rings. The van der Waals surface area contributed by atoms with Gasteiger partial charge in [-0.15, -0.1) is 0 Å². The number of hydrogen-bond donors (Lipinski definition) is 3. The molecule has 3 N–H and O–H groups in total. The van der Waals surface area contributed by atoms with E-state index in [1.165, 1.54) is 0 Å². The number of imide groups is 1. The Kier molecular flexibility index (Phi) is 6.77. The number of carbonyl (C=O) groups is 4. The predicted molar refractivity (Wildman–Crippen MR) is 128 cm³/mol. The number of benzene rings is 3. The molecule has 1 saturated heterocycles. The highest BCUT2D eigenvalue weighted by Crippen LogP contribution is 2.31. The number of para-hydroxylation sites is 2. The van der Waals surface area contributed by atoms with Crippen molar-refractivity contribution in [3.05, 3.63) is 96.1 Å². The van der Waals surface area contributed by atoms with Gasteiger partial charge in [-0.05, 0) is 36.2 Å². The first-order valence-electron chi connectivity index (χ1n) is 11.0. The van der Waals surface area contributed by atoms with E-state index in [4.69, 9.17) is 4.74 Å². The number of hydrogen-bond acceptors (Lipinski definition) is 5. The lowest BCUT2D eigenvalue weighted by atomic mass is 9.87. The summed E-state index contributed by atoms with van der Waals surface area (Å²) >= 11 is 0. The summed E-state index contributed by atoms with van der Waals surface area (Å²) in [4.78, 5) is 50.9. The molecule has 1 atom stereocenters. The molecular weight excluding hydrogens is 448 g/mol. The highest BCUT2D eigenvalue weighted by molar-refractivity contribution is 6.08. The van der Waals surface area contributed by atoms with E-state index in [1.54, 1.807) is 79.7 Å². The van der Waals surface area contributed by atoms with Gasteiger partial charge in [0.15, 0.2) is 6.61 Å². The number of amides is 5. The van der Waals surface area contributed by atoms with Crippen LogP contribution in [0.1, 0.15) is 29.3 Å². The van der Waals surface area contributed by atoms with Crippen LogP contribution in [0, 0.1) is 0 Å². The highest BCUT2D eigenvalue weighted by Gasteiger charge is 2.52. The number of urea groups is 1. The van der Waals surface area contributed by atoms with Crippen molar-refractivity contribution in [3.63, 3.8) is 0 Å². The molecule has 0 aliphatic carbocycles. The van der Waals surface area contributed by atoms with Gasteiger partial charge in [-0.1, -0.05) is 67.6 Å². The van der Waals surface area contributed by atoms with E-state index >= 15 is 0 Å². The first-order valence-corrected chi connectivity index (χ1v) is 11.0. The van der Waals surface area contributed by atoms with Gasteiger partial charge in [0.1, 0.15) is 11.3 Å². The number of rotatable bonds is 8. The Bertz CT molecular complexity index is 1250. The summed E-state index contributed by atoms with van der Waals surface area (Å²) in [7, 11) is 0.